The number of hydrogen-bond donors (Lipinski definition) is 0. The molecule has 0 radical (unpaired) electrons. The van der Waals surface area contributed by atoms with Gasteiger partial charge < -0.3 is 14.0 Å². The van der Waals surface area contributed by atoms with Gasteiger partial charge in [-0.25, -0.2) is 0 Å². The number of rotatable bonds is 8. The lowest BCUT2D eigenvalue weighted by molar-refractivity contribution is -0.143. The second-order valence-corrected chi connectivity index (χ2v) is 11.0. The van der Waals surface area contributed by atoms with Gasteiger partial charge in [0, 0.05) is 56.7 Å². The quantitative estimate of drug-likeness (QED) is 0.204. The van der Waals surface area contributed by atoms with Crippen molar-refractivity contribution in [2.45, 2.75) is 53.7 Å². The molecule has 7 heteroatoms. The molecule has 0 amide bonds. The number of aromatic nitrogens is 2. The monoisotopic (exact) mass is 612 g/mol. The Bertz CT molecular complexity index is 1140. The smallest absolute Gasteiger partial charge is 0.302 e. The average molecular weight is 613 g/mol. The van der Waals surface area contributed by atoms with Crippen molar-refractivity contribution in [3.05, 3.63) is 49.8 Å². The van der Waals surface area contributed by atoms with E-state index >= 15 is 0 Å². The molecule has 3 rings (SSSR count). The maximum absolute atomic E-state index is 11.5. The molecule has 3 aromatic rings. The number of methoxy groups -OCH3 is 1. The van der Waals surface area contributed by atoms with Crippen LogP contribution < -0.4 is 0 Å². The van der Waals surface area contributed by atoms with E-state index in [0.29, 0.717) is 6.61 Å². The molecule has 5 nitrogen and oxygen atoms in total. The summed E-state index contributed by atoms with van der Waals surface area (Å²) in [5.74, 6) is -0.255. The number of carbonyl (C=O) groups is 1. The van der Waals surface area contributed by atoms with Crippen LogP contribution in [0.2, 0.25) is 0 Å². The predicted molar refractivity (Wildman–Crippen MR) is 141 cm³/mol. The number of benzene rings is 1. The molecule has 0 bridgehead atoms. The highest BCUT2D eigenvalue weighted by molar-refractivity contribution is 14.1. The first-order valence-corrected chi connectivity index (χ1v) is 12.6. The molecule has 172 valence electrons. The highest BCUT2D eigenvalue weighted by Gasteiger charge is 2.28. The molecule has 0 N–H and O–H groups in total. The van der Waals surface area contributed by atoms with Crippen LogP contribution in [-0.2, 0) is 27.2 Å². The van der Waals surface area contributed by atoms with E-state index in [9.17, 15) is 4.79 Å². The van der Waals surface area contributed by atoms with Crippen molar-refractivity contribution in [1.29, 1.82) is 0 Å². The van der Waals surface area contributed by atoms with Gasteiger partial charge in [-0.05, 0) is 72.7 Å². The van der Waals surface area contributed by atoms with Crippen LogP contribution in [0, 0.1) is 8.99 Å². The van der Waals surface area contributed by atoms with Crippen LogP contribution in [0.1, 0.15) is 52.0 Å². The third-order valence-corrected chi connectivity index (χ3v) is 6.73. The standard InChI is InChI=1S/C25H30BrIN2O3/c1-7-29-22-9-8-17(26)10-19(22)21(12-25(4,5)14-32-16(3)30)24(29)20-11-18(27)13-28-23(20)15(2)31-6/h8-11,13,15H,7,12,14H2,1-6H3/t15-/m0/s1. The van der Waals surface area contributed by atoms with Gasteiger partial charge in [-0.2, -0.15) is 0 Å². The number of esters is 1. The molecular formula is C25H30BrIN2O3. The van der Waals surface area contributed by atoms with E-state index in [1.54, 1.807) is 7.11 Å². The summed E-state index contributed by atoms with van der Waals surface area (Å²) in [4.78, 5) is 16.2. The van der Waals surface area contributed by atoms with Gasteiger partial charge in [0.15, 0.2) is 0 Å². The van der Waals surface area contributed by atoms with Crippen LogP contribution in [0.3, 0.4) is 0 Å². The summed E-state index contributed by atoms with van der Waals surface area (Å²) in [6.45, 7) is 11.1. The number of carbonyl (C=O) groups excluding carboxylic acids is 1. The molecule has 32 heavy (non-hydrogen) atoms. The minimum atomic E-state index is -0.255. The van der Waals surface area contributed by atoms with Crippen molar-refractivity contribution in [2.75, 3.05) is 13.7 Å². The summed E-state index contributed by atoms with van der Waals surface area (Å²) >= 11 is 5.97. The predicted octanol–water partition coefficient (Wildman–Crippen LogP) is 6.93. The maximum atomic E-state index is 11.5. The Morgan fingerprint density at radius 3 is 2.66 bits per heavy atom. The van der Waals surface area contributed by atoms with Crippen LogP contribution in [0.15, 0.2) is 34.9 Å². The molecule has 0 saturated heterocycles. The number of hydrogen-bond acceptors (Lipinski definition) is 4. The molecular weight excluding hydrogens is 583 g/mol. The molecule has 0 aliphatic heterocycles. The highest BCUT2D eigenvalue weighted by Crippen LogP contribution is 2.41. The molecule has 0 fully saturated rings. The average Bonchev–Trinajstić information content (AvgIpc) is 3.03. The van der Waals surface area contributed by atoms with E-state index in [0.717, 1.165) is 38.0 Å². The SMILES string of the molecule is CCn1c(-c2cc(I)cnc2[C@H](C)OC)c(CC(C)(C)COC(C)=O)c2cc(Br)ccc21. The third kappa shape index (κ3) is 5.37. The van der Waals surface area contributed by atoms with Crippen LogP contribution >= 0.6 is 38.5 Å². The molecule has 0 aliphatic carbocycles. The van der Waals surface area contributed by atoms with Gasteiger partial charge in [-0.1, -0.05) is 29.8 Å². The lowest BCUT2D eigenvalue weighted by Gasteiger charge is -2.25. The lowest BCUT2D eigenvalue weighted by Crippen LogP contribution is -2.24. The van der Waals surface area contributed by atoms with Gasteiger partial charge in [-0.3, -0.25) is 9.78 Å². The van der Waals surface area contributed by atoms with Crippen molar-refractivity contribution >= 4 is 55.4 Å². The van der Waals surface area contributed by atoms with Crippen LogP contribution in [0.4, 0.5) is 0 Å². The van der Waals surface area contributed by atoms with E-state index in [-0.39, 0.29) is 17.5 Å². The van der Waals surface area contributed by atoms with Gasteiger partial charge in [0.05, 0.1) is 24.1 Å². The second kappa shape index (κ2) is 10.2. The zero-order valence-corrected chi connectivity index (χ0v) is 23.2. The van der Waals surface area contributed by atoms with Crippen molar-refractivity contribution in [3.63, 3.8) is 0 Å². The third-order valence-electron chi connectivity index (χ3n) is 5.65. The molecule has 1 atom stereocenters. The fraction of sp³-hybridized carbons (Fsp3) is 0.440. The first-order chi connectivity index (χ1) is 15.1. The van der Waals surface area contributed by atoms with Gasteiger partial charge >= 0.3 is 5.97 Å². The summed E-state index contributed by atoms with van der Waals surface area (Å²) in [7, 11) is 1.71. The molecule has 1 aromatic carbocycles. The normalized spacial score (nSPS) is 12.9. The van der Waals surface area contributed by atoms with Crippen molar-refractivity contribution < 1.29 is 14.3 Å². The Balaban J connectivity index is 2.32. The number of fused-ring (bicyclic) bond motifs is 1. The summed E-state index contributed by atoms with van der Waals surface area (Å²) in [5, 5.41) is 1.20. The van der Waals surface area contributed by atoms with E-state index in [1.807, 2.05) is 13.1 Å². The fourth-order valence-electron chi connectivity index (χ4n) is 4.11. The van der Waals surface area contributed by atoms with Crippen LogP contribution in [0.25, 0.3) is 22.2 Å². The van der Waals surface area contributed by atoms with E-state index < -0.39 is 0 Å². The van der Waals surface area contributed by atoms with E-state index in [2.05, 4.69) is 88.1 Å². The Kier molecular flexibility index (Phi) is 8.04. The maximum Gasteiger partial charge on any atom is 0.302 e. The molecule has 0 unspecified atom stereocenters. The van der Waals surface area contributed by atoms with Gasteiger partial charge in [0.1, 0.15) is 0 Å². The minimum absolute atomic E-state index is 0.140. The van der Waals surface area contributed by atoms with E-state index in [4.69, 9.17) is 14.5 Å². The highest BCUT2D eigenvalue weighted by atomic mass is 127. The Morgan fingerprint density at radius 2 is 2.03 bits per heavy atom. The second-order valence-electron chi connectivity index (χ2n) is 8.82. The Labute approximate surface area is 212 Å². The summed E-state index contributed by atoms with van der Waals surface area (Å²) in [5.41, 5.74) is 5.33. The zero-order chi connectivity index (χ0) is 23.6. The molecule has 0 aliphatic rings. The zero-order valence-electron chi connectivity index (χ0n) is 19.5. The number of pyridine rings is 1. The molecule has 0 spiro atoms. The van der Waals surface area contributed by atoms with Crippen molar-refractivity contribution in [3.8, 4) is 11.3 Å². The largest absolute Gasteiger partial charge is 0.465 e. The van der Waals surface area contributed by atoms with Gasteiger partial charge in [-0.15, -0.1) is 0 Å². The van der Waals surface area contributed by atoms with Gasteiger partial charge in [0.2, 0.25) is 0 Å². The molecule has 0 saturated carbocycles. The van der Waals surface area contributed by atoms with Gasteiger partial charge in [0.25, 0.3) is 0 Å². The minimum Gasteiger partial charge on any atom is -0.465 e. The summed E-state index contributed by atoms with van der Waals surface area (Å²) in [6.07, 6.45) is 2.50. The fourth-order valence-corrected chi connectivity index (χ4v) is 4.93. The first kappa shape index (κ1) is 25.2. The number of aryl methyl sites for hydroxylation is 1. The number of ether oxygens (including phenoxy) is 2. The molecule has 2 aromatic heterocycles. The summed E-state index contributed by atoms with van der Waals surface area (Å²) < 4.78 is 15.5. The van der Waals surface area contributed by atoms with Crippen molar-refractivity contribution in [2.24, 2.45) is 5.41 Å². The topological polar surface area (TPSA) is 53.4 Å². The van der Waals surface area contributed by atoms with E-state index in [1.165, 1.54) is 23.4 Å². The number of halogens is 2. The Morgan fingerprint density at radius 1 is 1.31 bits per heavy atom. The van der Waals surface area contributed by atoms with Crippen molar-refractivity contribution in [1.82, 2.24) is 9.55 Å². The Hall–Kier alpha value is -1.45. The number of nitrogens with zero attached hydrogens (tertiary/aromatic N) is 2. The van der Waals surface area contributed by atoms with Crippen LogP contribution in [0.5, 0.6) is 0 Å². The summed E-state index contributed by atoms with van der Waals surface area (Å²) in [6, 6.07) is 8.62. The molecule has 2 heterocycles. The lowest BCUT2D eigenvalue weighted by atomic mass is 9.84. The first-order valence-electron chi connectivity index (χ1n) is 10.7. The van der Waals surface area contributed by atoms with Crippen LogP contribution in [-0.4, -0.2) is 29.2 Å².